The van der Waals surface area contributed by atoms with Crippen molar-refractivity contribution in [2.24, 2.45) is 0 Å². The van der Waals surface area contributed by atoms with Crippen molar-refractivity contribution in [3.05, 3.63) is 71.3 Å². The third-order valence-corrected chi connectivity index (χ3v) is 4.92. The summed E-state index contributed by atoms with van der Waals surface area (Å²) in [5.74, 6) is -0.536. The molecule has 1 fully saturated rings. The van der Waals surface area contributed by atoms with E-state index in [1.54, 1.807) is 24.3 Å². The van der Waals surface area contributed by atoms with Gasteiger partial charge < -0.3 is 9.47 Å². The zero-order valence-electron chi connectivity index (χ0n) is 14.4. The van der Waals surface area contributed by atoms with Gasteiger partial charge in [-0.3, -0.25) is 4.79 Å². The van der Waals surface area contributed by atoms with Crippen LogP contribution in [0.5, 0.6) is 0 Å². The van der Waals surface area contributed by atoms with Crippen LogP contribution in [0, 0.1) is 0 Å². The lowest BCUT2D eigenvalue weighted by molar-refractivity contribution is -0.152. The first-order valence-corrected chi connectivity index (χ1v) is 8.56. The van der Waals surface area contributed by atoms with E-state index >= 15 is 0 Å². The summed E-state index contributed by atoms with van der Waals surface area (Å²) in [7, 11) is 1.35. The summed E-state index contributed by atoms with van der Waals surface area (Å²) >= 11 is 0. The lowest BCUT2D eigenvalue weighted by atomic mass is 9.79. The Bertz CT molecular complexity index is 728. The molecule has 0 heterocycles. The van der Waals surface area contributed by atoms with Gasteiger partial charge in [-0.2, -0.15) is 0 Å². The largest absolute Gasteiger partial charge is 0.465 e. The fourth-order valence-electron chi connectivity index (χ4n) is 3.49. The van der Waals surface area contributed by atoms with Gasteiger partial charge in [-0.05, 0) is 36.1 Å². The molecule has 0 N–H and O–H groups in total. The predicted molar refractivity (Wildman–Crippen MR) is 94.2 cm³/mol. The van der Waals surface area contributed by atoms with E-state index < -0.39 is 5.41 Å². The standard InChI is InChI=1S/C21H22O4/c1-24-19(22)17-11-9-16(10-12-17)15-25-20(23)21(13-5-6-14-21)18-7-3-2-4-8-18/h2-4,7-12H,5-6,13-15H2,1H3. The number of hydrogen-bond donors (Lipinski definition) is 0. The van der Waals surface area contributed by atoms with E-state index in [1.165, 1.54) is 7.11 Å². The molecule has 0 aromatic heterocycles. The summed E-state index contributed by atoms with van der Waals surface area (Å²) in [5.41, 5.74) is 1.85. The van der Waals surface area contributed by atoms with Crippen LogP contribution in [0.25, 0.3) is 0 Å². The van der Waals surface area contributed by atoms with E-state index in [-0.39, 0.29) is 18.5 Å². The van der Waals surface area contributed by atoms with Crippen LogP contribution in [0.2, 0.25) is 0 Å². The van der Waals surface area contributed by atoms with Crippen molar-refractivity contribution in [2.75, 3.05) is 7.11 Å². The number of hydrogen-bond acceptors (Lipinski definition) is 4. The average molecular weight is 338 g/mol. The first kappa shape index (κ1) is 17.2. The van der Waals surface area contributed by atoms with Crippen molar-refractivity contribution < 1.29 is 19.1 Å². The summed E-state index contributed by atoms with van der Waals surface area (Å²) in [4.78, 5) is 24.3. The van der Waals surface area contributed by atoms with Crippen LogP contribution < -0.4 is 0 Å². The molecule has 1 saturated carbocycles. The van der Waals surface area contributed by atoms with E-state index in [0.29, 0.717) is 5.56 Å². The smallest absolute Gasteiger partial charge is 0.337 e. The Morgan fingerprint density at radius 1 is 0.960 bits per heavy atom. The third kappa shape index (κ3) is 3.58. The molecule has 4 nitrogen and oxygen atoms in total. The SMILES string of the molecule is COC(=O)c1ccc(COC(=O)C2(c3ccccc3)CCCC2)cc1. The van der Waals surface area contributed by atoms with Gasteiger partial charge in [0.15, 0.2) is 0 Å². The van der Waals surface area contributed by atoms with Crippen LogP contribution in [-0.4, -0.2) is 19.0 Å². The minimum atomic E-state index is -0.521. The van der Waals surface area contributed by atoms with Crippen LogP contribution in [0.1, 0.15) is 47.2 Å². The first-order valence-electron chi connectivity index (χ1n) is 8.56. The van der Waals surface area contributed by atoms with Crippen molar-refractivity contribution in [2.45, 2.75) is 37.7 Å². The maximum absolute atomic E-state index is 12.9. The summed E-state index contributed by atoms with van der Waals surface area (Å²) in [6.07, 6.45) is 3.74. The zero-order chi connectivity index (χ0) is 17.7. The second kappa shape index (κ2) is 7.51. The highest BCUT2D eigenvalue weighted by Crippen LogP contribution is 2.42. The van der Waals surface area contributed by atoms with E-state index in [1.807, 2.05) is 30.3 Å². The van der Waals surface area contributed by atoms with Crippen molar-refractivity contribution in [1.29, 1.82) is 0 Å². The molecule has 0 radical (unpaired) electrons. The molecule has 1 aliphatic rings. The lowest BCUT2D eigenvalue weighted by Crippen LogP contribution is -2.34. The molecule has 2 aromatic carbocycles. The predicted octanol–water partition coefficient (Wildman–Crippen LogP) is 4.03. The van der Waals surface area contributed by atoms with E-state index in [2.05, 4.69) is 4.74 Å². The highest BCUT2D eigenvalue weighted by molar-refractivity contribution is 5.89. The van der Waals surface area contributed by atoms with Gasteiger partial charge in [0.1, 0.15) is 6.61 Å². The van der Waals surface area contributed by atoms with E-state index in [9.17, 15) is 9.59 Å². The van der Waals surface area contributed by atoms with Gasteiger partial charge in [0.2, 0.25) is 0 Å². The molecule has 2 aromatic rings. The lowest BCUT2D eigenvalue weighted by Gasteiger charge is -2.27. The quantitative estimate of drug-likeness (QED) is 0.773. The van der Waals surface area contributed by atoms with Gasteiger partial charge >= 0.3 is 11.9 Å². The number of benzene rings is 2. The minimum absolute atomic E-state index is 0.159. The molecular formula is C21H22O4. The molecule has 25 heavy (non-hydrogen) atoms. The van der Waals surface area contributed by atoms with Crippen LogP contribution in [-0.2, 0) is 26.3 Å². The number of methoxy groups -OCH3 is 1. The van der Waals surface area contributed by atoms with Gasteiger partial charge in [-0.1, -0.05) is 55.3 Å². The Morgan fingerprint density at radius 3 is 2.20 bits per heavy atom. The van der Waals surface area contributed by atoms with E-state index in [4.69, 9.17) is 4.74 Å². The van der Waals surface area contributed by atoms with Gasteiger partial charge in [0.25, 0.3) is 0 Å². The molecule has 0 bridgehead atoms. The molecule has 3 rings (SSSR count). The molecular weight excluding hydrogens is 316 g/mol. The van der Waals surface area contributed by atoms with E-state index in [0.717, 1.165) is 36.8 Å². The number of carbonyl (C=O) groups is 2. The number of esters is 2. The third-order valence-electron chi connectivity index (χ3n) is 4.92. The second-order valence-electron chi connectivity index (χ2n) is 6.42. The number of carbonyl (C=O) groups excluding carboxylic acids is 2. The van der Waals surface area contributed by atoms with Gasteiger partial charge in [-0.25, -0.2) is 4.79 Å². The summed E-state index contributed by atoms with van der Waals surface area (Å²) in [5, 5.41) is 0. The van der Waals surface area contributed by atoms with Crippen molar-refractivity contribution in [1.82, 2.24) is 0 Å². The van der Waals surface area contributed by atoms with Crippen LogP contribution >= 0.6 is 0 Å². The van der Waals surface area contributed by atoms with Gasteiger partial charge in [0, 0.05) is 0 Å². The monoisotopic (exact) mass is 338 g/mol. The summed E-state index contributed by atoms with van der Waals surface area (Å²) in [6, 6.07) is 16.8. The Labute approximate surface area is 147 Å². The number of rotatable bonds is 5. The Morgan fingerprint density at radius 2 is 1.60 bits per heavy atom. The van der Waals surface area contributed by atoms with Crippen LogP contribution in [0.15, 0.2) is 54.6 Å². The highest BCUT2D eigenvalue weighted by atomic mass is 16.5. The molecule has 0 atom stereocenters. The second-order valence-corrected chi connectivity index (χ2v) is 6.42. The van der Waals surface area contributed by atoms with Crippen molar-refractivity contribution >= 4 is 11.9 Å². The molecule has 0 aliphatic heterocycles. The molecule has 1 aliphatic carbocycles. The van der Waals surface area contributed by atoms with Crippen molar-refractivity contribution in [3.8, 4) is 0 Å². The molecule has 0 unspecified atom stereocenters. The Balaban J connectivity index is 1.69. The maximum Gasteiger partial charge on any atom is 0.337 e. The normalized spacial score (nSPS) is 15.6. The fraction of sp³-hybridized carbons (Fsp3) is 0.333. The Kier molecular flexibility index (Phi) is 5.17. The molecule has 0 spiro atoms. The summed E-state index contributed by atoms with van der Waals surface area (Å²) < 4.78 is 10.3. The Hall–Kier alpha value is -2.62. The van der Waals surface area contributed by atoms with Gasteiger partial charge in [0.05, 0.1) is 18.1 Å². The maximum atomic E-state index is 12.9. The summed E-state index contributed by atoms with van der Waals surface area (Å²) in [6.45, 7) is 0.203. The fourth-order valence-corrected chi connectivity index (χ4v) is 3.49. The average Bonchev–Trinajstić information content (AvgIpc) is 3.18. The molecule has 0 saturated heterocycles. The molecule has 0 amide bonds. The number of ether oxygens (including phenoxy) is 2. The van der Waals surface area contributed by atoms with Gasteiger partial charge in [-0.15, -0.1) is 0 Å². The molecule has 130 valence electrons. The minimum Gasteiger partial charge on any atom is -0.465 e. The molecule has 4 heteroatoms. The van der Waals surface area contributed by atoms with Crippen LogP contribution in [0.4, 0.5) is 0 Å². The zero-order valence-corrected chi connectivity index (χ0v) is 14.4. The van der Waals surface area contributed by atoms with Crippen LogP contribution in [0.3, 0.4) is 0 Å². The van der Waals surface area contributed by atoms with Crippen molar-refractivity contribution in [3.63, 3.8) is 0 Å². The first-order chi connectivity index (χ1) is 12.2. The topological polar surface area (TPSA) is 52.6 Å². The highest BCUT2D eigenvalue weighted by Gasteiger charge is 2.44.